The molecule has 0 saturated carbocycles. The van der Waals surface area contributed by atoms with Gasteiger partial charge >= 0.3 is 0 Å². The lowest BCUT2D eigenvalue weighted by atomic mass is 10.3. The molecule has 0 radical (unpaired) electrons. The third-order valence-electron chi connectivity index (χ3n) is 2.93. The minimum absolute atomic E-state index is 0.158. The van der Waals surface area contributed by atoms with E-state index < -0.39 is 0 Å². The van der Waals surface area contributed by atoms with E-state index in [9.17, 15) is 4.79 Å². The molecule has 1 aromatic heterocycles. The van der Waals surface area contributed by atoms with Gasteiger partial charge in [0.25, 0.3) is 0 Å². The van der Waals surface area contributed by atoms with Crippen LogP contribution in [0.5, 0.6) is 0 Å². The summed E-state index contributed by atoms with van der Waals surface area (Å²) in [5, 5.41) is 3.79. The predicted octanol–water partition coefficient (Wildman–Crippen LogP) is 4.27. The average molecular weight is 345 g/mol. The maximum absolute atomic E-state index is 12.0. The smallest absolute Gasteiger partial charge is 0.230 e. The fraction of sp³-hybridized carbons (Fsp3) is 0.200. The fourth-order valence-corrected chi connectivity index (χ4v) is 2.69. The SMILES string of the molecule is Cc1cc[n+](CCC(=O)Nc2c(Cl)cc(Cl)cc2Cl)cc1. The Morgan fingerprint density at radius 2 is 1.71 bits per heavy atom. The number of aromatic nitrogens is 1. The highest BCUT2D eigenvalue weighted by Crippen LogP contribution is 2.33. The van der Waals surface area contributed by atoms with Crippen LogP contribution >= 0.6 is 34.8 Å². The van der Waals surface area contributed by atoms with Gasteiger partial charge < -0.3 is 5.32 Å². The van der Waals surface area contributed by atoms with Crippen LogP contribution in [0, 0.1) is 6.92 Å². The molecule has 0 atom stereocenters. The average Bonchev–Trinajstić information content (AvgIpc) is 2.42. The van der Waals surface area contributed by atoms with Gasteiger partial charge in [-0.3, -0.25) is 4.79 Å². The molecule has 6 heteroatoms. The van der Waals surface area contributed by atoms with Crippen molar-refractivity contribution in [1.29, 1.82) is 0 Å². The Morgan fingerprint density at radius 3 is 2.29 bits per heavy atom. The minimum Gasteiger partial charge on any atom is -0.323 e. The van der Waals surface area contributed by atoms with Crippen molar-refractivity contribution in [3.05, 3.63) is 57.3 Å². The molecule has 2 rings (SSSR count). The van der Waals surface area contributed by atoms with Gasteiger partial charge in [-0.05, 0) is 24.6 Å². The zero-order valence-corrected chi connectivity index (χ0v) is 13.6. The molecule has 1 aromatic carbocycles. The largest absolute Gasteiger partial charge is 0.323 e. The molecule has 1 amide bonds. The lowest BCUT2D eigenvalue weighted by molar-refractivity contribution is -0.695. The van der Waals surface area contributed by atoms with E-state index in [4.69, 9.17) is 34.8 Å². The molecule has 1 N–H and O–H groups in total. The lowest BCUT2D eigenvalue weighted by Gasteiger charge is -2.09. The first-order chi connectivity index (χ1) is 9.95. The van der Waals surface area contributed by atoms with Crippen molar-refractivity contribution in [2.45, 2.75) is 19.9 Å². The zero-order chi connectivity index (χ0) is 15.4. The van der Waals surface area contributed by atoms with Crippen LogP contribution in [0.25, 0.3) is 0 Å². The number of hydrogen-bond donors (Lipinski definition) is 1. The van der Waals surface area contributed by atoms with Gasteiger partial charge in [-0.25, -0.2) is 4.57 Å². The van der Waals surface area contributed by atoms with Crippen LogP contribution in [-0.4, -0.2) is 5.91 Å². The summed E-state index contributed by atoms with van der Waals surface area (Å²) in [5.41, 5.74) is 1.57. The molecule has 0 aliphatic carbocycles. The van der Waals surface area contributed by atoms with Crippen LogP contribution in [0.15, 0.2) is 36.7 Å². The first kappa shape index (κ1) is 16.1. The van der Waals surface area contributed by atoms with E-state index in [1.54, 1.807) is 12.1 Å². The lowest BCUT2D eigenvalue weighted by Crippen LogP contribution is -2.34. The summed E-state index contributed by atoms with van der Waals surface area (Å²) in [6.45, 7) is 2.59. The van der Waals surface area contributed by atoms with E-state index in [-0.39, 0.29) is 5.91 Å². The predicted molar refractivity (Wildman–Crippen MR) is 86.1 cm³/mol. The Balaban J connectivity index is 1.97. The maximum Gasteiger partial charge on any atom is 0.230 e. The number of aryl methyl sites for hydroxylation is 2. The second kappa shape index (κ2) is 7.12. The number of nitrogens with zero attached hydrogens (tertiary/aromatic N) is 1. The number of rotatable bonds is 4. The number of nitrogens with one attached hydrogen (secondary N) is 1. The summed E-state index contributed by atoms with van der Waals surface area (Å²) in [6.07, 6.45) is 4.19. The normalized spacial score (nSPS) is 10.5. The van der Waals surface area contributed by atoms with Crippen molar-refractivity contribution in [1.82, 2.24) is 0 Å². The van der Waals surface area contributed by atoms with E-state index in [2.05, 4.69) is 5.32 Å². The summed E-state index contributed by atoms with van der Waals surface area (Å²) in [4.78, 5) is 12.0. The number of hydrogen-bond acceptors (Lipinski definition) is 1. The van der Waals surface area contributed by atoms with E-state index in [1.807, 2.05) is 36.0 Å². The van der Waals surface area contributed by atoms with E-state index in [0.717, 1.165) is 0 Å². The van der Waals surface area contributed by atoms with Crippen LogP contribution in [0.1, 0.15) is 12.0 Å². The second-order valence-corrected chi connectivity index (χ2v) is 5.91. The Hall–Kier alpha value is -1.29. The zero-order valence-electron chi connectivity index (χ0n) is 11.4. The van der Waals surface area contributed by atoms with Gasteiger partial charge in [0.1, 0.15) is 0 Å². The molecule has 3 nitrogen and oxygen atoms in total. The van der Waals surface area contributed by atoms with Crippen LogP contribution in [0.3, 0.4) is 0 Å². The third kappa shape index (κ3) is 4.60. The first-order valence-electron chi connectivity index (χ1n) is 6.36. The van der Waals surface area contributed by atoms with Crippen molar-refractivity contribution >= 4 is 46.4 Å². The first-order valence-corrected chi connectivity index (χ1v) is 7.49. The molecule has 110 valence electrons. The van der Waals surface area contributed by atoms with Crippen LogP contribution in [0.4, 0.5) is 5.69 Å². The molecular weight excluding hydrogens is 331 g/mol. The number of anilines is 1. The number of pyridine rings is 1. The highest BCUT2D eigenvalue weighted by Gasteiger charge is 2.12. The van der Waals surface area contributed by atoms with Crippen LogP contribution in [0.2, 0.25) is 15.1 Å². The summed E-state index contributed by atoms with van der Waals surface area (Å²) in [5.74, 6) is -0.158. The van der Waals surface area contributed by atoms with Gasteiger partial charge in [0.2, 0.25) is 5.91 Å². The molecule has 21 heavy (non-hydrogen) atoms. The van der Waals surface area contributed by atoms with Crippen LogP contribution in [-0.2, 0) is 11.3 Å². The molecule has 0 unspecified atom stereocenters. The standard InChI is InChI=1S/C15H13Cl3N2O/c1-10-2-5-20(6-3-10)7-4-14(21)19-15-12(17)8-11(16)9-13(15)18/h2-3,5-6,8-9H,4,7H2,1H3/p+1. The summed E-state index contributed by atoms with van der Waals surface area (Å²) in [7, 11) is 0. The summed E-state index contributed by atoms with van der Waals surface area (Å²) < 4.78 is 1.94. The molecule has 0 spiro atoms. The second-order valence-electron chi connectivity index (χ2n) is 4.66. The summed E-state index contributed by atoms with van der Waals surface area (Å²) >= 11 is 17.9. The molecule has 0 bridgehead atoms. The fourth-order valence-electron chi connectivity index (χ4n) is 1.78. The van der Waals surface area contributed by atoms with Crippen LogP contribution < -0.4 is 9.88 Å². The monoisotopic (exact) mass is 343 g/mol. The molecule has 0 aliphatic rings. The molecule has 0 aliphatic heterocycles. The van der Waals surface area contributed by atoms with E-state index in [1.165, 1.54) is 5.56 Å². The topological polar surface area (TPSA) is 33.0 Å². The highest BCUT2D eigenvalue weighted by atomic mass is 35.5. The number of benzene rings is 1. The molecule has 1 heterocycles. The van der Waals surface area contributed by atoms with Crippen molar-refractivity contribution in [3.8, 4) is 0 Å². The number of amides is 1. The number of carbonyl (C=O) groups is 1. The maximum atomic E-state index is 12.0. The highest BCUT2D eigenvalue weighted by molar-refractivity contribution is 6.42. The minimum atomic E-state index is -0.158. The summed E-state index contributed by atoms with van der Waals surface area (Å²) in [6, 6.07) is 7.06. The Morgan fingerprint density at radius 1 is 1.14 bits per heavy atom. The van der Waals surface area contributed by atoms with Crippen molar-refractivity contribution < 1.29 is 9.36 Å². The quantitative estimate of drug-likeness (QED) is 0.825. The molecule has 2 aromatic rings. The van der Waals surface area contributed by atoms with Gasteiger partial charge in [0.15, 0.2) is 18.9 Å². The number of halogens is 3. The molecular formula is C15H14Cl3N2O+. The van der Waals surface area contributed by atoms with Crippen molar-refractivity contribution in [2.24, 2.45) is 0 Å². The van der Waals surface area contributed by atoms with Crippen molar-refractivity contribution in [2.75, 3.05) is 5.32 Å². The Kier molecular flexibility index (Phi) is 5.45. The van der Waals surface area contributed by atoms with Gasteiger partial charge in [-0.1, -0.05) is 34.8 Å². The van der Waals surface area contributed by atoms with Crippen molar-refractivity contribution in [3.63, 3.8) is 0 Å². The van der Waals surface area contributed by atoms with Gasteiger partial charge in [-0.15, -0.1) is 0 Å². The van der Waals surface area contributed by atoms with Gasteiger partial charge in [-0.2, -0.15) is 0 Å². The molecule has 0 saturated heterocycles. The van der Waals surface area contributed by atoms with Gasteiger partial charge in [0.05, 0.1) is 22.2 Å². The molecule has 0 fully saturated rings. The Bertz CT molecular complexity index is 633. The van der Waals surface area contributed by atoms with Gasteiger partial charge in [0, 0.05) is 17.2 Å². The van der Waals surface area contributed by atoms with E-state index >= 15 is 0 Å². The van der Waals surface area contributed by atoms with E-state index in [0.29, 0.717) is 33.7 Å². The third-order valence-corrected chi connectivity index (χ3v) is 3.74. The number of carbonyl (C=O) groups excluding carboxylic acids is 1. The Labute approximate surface area is 138 Å².